The summed E-state index contributed by atoms with van der Waals surface area (Å²) in [7, 11) is 0. The van der Waals surface area contributed by atoms with E-state index in [0.717, 1.165) is 50.9 Å². The van der Waals surface area contributed by atoms with Crippen LogP contribution in [-0.2, 0) is 11.2 Å². The molecule has 2 heterocycles. The van der Waals surface area contributed by atoms with E-state index in [1.165, 1.54) is 12.1 Å². The fourth-order valence-electron chi connectivity index (χ4n) is 4.35. The topological polar surface area (TPSA) is 49.9 Å². The molecule has 2 fully saturated rings. The van der Waals surface area contributed by atoms with Gasteiger partial charge in [0.1, 0.15) is 11.6 Å². The first kappa shape index (κ1) is 21.3. The van der Waals surface area contributed by atoms with Crippen LogP contribution in [0, 0.1) is 11.7 Å². The van der Waals surface area contributed by atoms with Crippen molar-refractivity contribution in [3.8, 4) is 5.75 Å². The number of benzene rings is 2. The maximum Gasteiger partial charge on any atom is 0.253 e. The monoisotopic (exact) mass is 424 g/mol. The maximum atomic E-state index is 13.1. The highest BCUT2D eigenvalue weighted by molar-refractivity contribution is 5.94. The summed E-state index contributed by atoms with van der Waals surface area (Å²) in [5.41, 5.74) is 1.49. The molecule has 2 amide bonds. The molecule has 0 aromatic heterocycles. The number of halogens is 1. The zero-order valence-corrected chi connectivity index (χ0v) is 17.8. The van der Waals surface area contributed by atoms with Crippen molar-refractivity contribution in [1.29, 1.82) is 0 Å². The predicted octanol–water partition coefficient (Wildman–Crippen LogP) is 3.92. The van der Waals surface area contributed by atoms with E-state index in [1.807, 2.05) is 34.1 Å². The van der Waals surface area contributed by atoms with Gasteiger partial charge in [0, 0.05) is 37.7 Å². The number of nitrogens with zero attached hydrogens (tertiary/aromatic N) is 2. The molecule has 0 unspecified atom stereocenters. The van der Waals surface area contributed by atoms with Gasteiger partial charge < -0.3 is 14.5 Å². The van der Waals surface area contributed by atoms with Gasteiger partial charge in [0.2, 0.25) is 5.91 Å². The summed E-state index contributed by atoms with van der Waals surface area (Å²) in [6.07, 6.45) is 4.37. The molecule has 164 valence electrons. The van der Waals surface area contributed by atoms with Crippen molar-refractivity contribution in [3.63, 3.8) is 0 Å². The lowest BCUT2D eigenvalue weighted by Crippen LogP contribution is -2.42. The van der Waals surface area contributed by atoms with Crippen LogP contribution in [0.1, 0.15) is 41.6 Å². The normalized spacial score (nSPS) is 18.8. The summed E-state index contributed by atoms with van der Waals surface area (Å²) in [5.74, 6) is 0.786. The van der Waals surface area contributed by atoms with Crippen molar-refractivity contribution in [2.75, 3.05) is 32.8 Å². The van der Waals surface area contributed by atoms with Gasteiger partial charge in [-0.3, -0.25) is 9.59 Å². The molecule has 2 aliphatic rings. The zero-order valence-electron chi connectivity index (χ0n) is 17.8. The Labute approximate surface area is 182 Å². The highest BCUT2D eigenvalue weighted by Gasteiger charge is 2.24. The molecule has 0 aliphatic carbocycles. The van der Waals surface area contributed by atoms with E-state index >= 15 is 0 Å². The van der Waals surface area contributed by atoms with E-state index in [2.05, 4.69) is 0 Å². The van der Waals surface area contributed by atoms with Gasteiger partial charge in [-0.05, 0) is 61.6 Å². The molecule has 0 saturated carbocycles. The molecule has 0 radical (unpaired) electrons. The van der Waals surface area contributed by atoms with Crippen molar-refractivity contribution in [2.45, 2.75) is 32.1 Å². The van der Waals surface area contributed by atoms with E-state index in [1.54, 1.807) is 12.1 Å². The highest BCUT2D eigenvalue weighted by Crippen LogP contribution is 2.22. The van der Waals surface area contributed by atoms with Crippen LogP contribution in [0.3, 0.4) is 0 Å². The second kappa shape index (κ2) is 9.94. The highest BCUT2D eigenvalue weighted by atomic mass is 19.1. The van der Waals surface area contributed by atoms with Crippen LogP contribution in [0.2, 0.25) is 0 Å². The molecule has 2 saturated heterocycles. The summed E-state index contributed by atoms with van der Waals surface area (Å²) >= 11 is 0. The first-order valence-electron chi connectivity index (χ1n) is 11.1. The SMILES string of the molecule is O=C(Cc1ccc(F)cc1)N1CCC[C@H](COc2cccc(C(=O)N3CCCC3)c2)C1. The minimum atomic E-state index is -0.294. The minimum absolute atomic E-state index is 0.0644. The average Bonchev–Trinajstić information content (AvgIpc) is 3.34. The van der Waals surface area contributed by atoms with Gasteiger partial charge in [-0.25, -0.2) is 4.39 Å². The molecule has 31 heavy (non-hydrogen) atoms. The second-order valence-electron chi connectivity index (χ2n) is 8.49. The average molecular weight is 425 g/mol. The van der Waals surface area contributed by atoms with Crippen molar-refractivity contribution in [1.82, 2.24) is 9.80 Å². The third kappa shape index (κ3) is 5.63. The van der Waals surface area contributed by atoms with Gasteiger partial charge in [-0.2, -0.15) is 0 Å². The number of amides is 2. The van der Waals surface area contributed by atoms with Crippen LogP contribution in [0.4, 0.5) is 4.39 Å². The Kier molecular flexibility index (Phi) is 6.85. The maximum absolute atomic E-state index is 13.1. The molecule has 6 heteroatoms. The smallest absolute Gasteiger partial charge is 0.253 e. The molecule has 0 bridgehead atoms. The number of rotatable bonds is 6. The van der Waals surface area contributed by atoms with E-state index < -0.39 is 0 Å². The van der Waals surface area contributed by atoms with Crippen LogP contribution in [-0.4, -0.2) is 54.4 Å². The van der Waals surface area contributed by atoms with E-state index in [9.17, 15) is 14.0 Å². The molecule has 2 aromatic rings. The largest absolute Gasteiger partial charge is 0.493 e. The molecule has 0 spiro atoms. The fraction of sp³-hybridized carbons (Fsp3) is 0.440. The molecule has 0 N–H and O–H groups in total. The van der Waals surface area contributed by atoms with Crippen molar-refractivity contribution in [2.24, 2.45) is 5.92 Å². The van der Waals surface area contributed by atoms with Crippen molar-refractivity contribution < 1.29 is 18.7 Å². The summed E-state index contributed by atoms with van der Waals surface area (Å²) in [6.45, 7) is 3.58. The Morgan fingerprint density at radius 1 is 0.968 bits per heavy atom. The Morgan fingerprint density at radius 2 is 1.71 bits per heavy atom. The minimum Gasteiger partial charge on any atom is -0.493 e. The van der Waals surface area contributed by atoms with Crippen LogP contribution in [0.5, 0.6) is 5.75 Å². The number of piperidine rings is 1. The van der Waals surface area contributed by atoms with Gasteiger partial charge in [-0.1, -0.05) is 18.2 Å². The number of carbonyl (C=O) groups excluding carboxylic acids is 2. The van der Waals surface area contributed by atoms with Gasteiger partial charge in [-0.15, -0.1) is 0 Å². The number of hydrogen-bond acceptors (Lipinski definition) is 3. The molecule has 2 aromatic carbocycles. The van der Waals surface area contributed by atoms with Crippen LogP contribution in [0.15, 0.2) is 48.5 Å². The van der Waals surface area contributed by atoms with Gasteiger partial charge in [0.05, 0.1) is 13.0 Å². The Bertz CT molecular complexity index is 909. The summed E-state index contributed by atoms with van der Waals surface area (Å²) in [6, 6.07) is 13.5. The Hall–Kier alpha value is -2.89. The number of carbonyl (C=O) groups is 2. The molecular formula is C25H29FN2O3. The molecule has 5 nitrogen and oxygen atoms in total. The van der Waals surface area contributed by atoms with E-state index in [4.69, 9.17) is 4.74 Å². The third-order valence-electron chi connectivity index (χ3n) is 6.10. The van der Waals surface area contributed by atoms with E-state index in [0.29, 0.717) is 24.5 Å². The molecule has 1 atom stereocenters. The number of ether oxygens (including phenoxy) is 1. The van der Waals surface area contributed by atoms with Crippen molar-refractivity contribution in [3.05, 3.63) is 65.5 Å². The standard InChI is InChI=1S/C25H29FN2O3/c26-22-10-8-19(9-11-22)15-24(29)28-14-4-5-20(17-28)18-31-23-7-3-6-21(16-23)25(30)27-12-1-2-13-27/h3,6-11,16,20H,1-2,4-5,12-15,17-18H2/t20-/m0/s1. The van der Waals surface area contributed by atoms with Gasteiger partial charge >= 0.3 is 0 Å². The summed E-state index contributed by atoms with van der Waals surface area (Å²) in [5, 5.41) is 0. The lowest BCUT2D eigenvalue weighted by Gasteiger charge is -2.32. The van der Waals surface area contributed by atoms with E-state index in [-0.39, 0.29) is 30.0 Å². The lowest BCUT2D eigenvalue weighted by molar-refractivity contribution is -0.132. The van der Waals surface area contributed by atoms with Gasteiger partial charge in [0.25, 0.3) is 5.91 Å². The Balaban J connectivity index is 1.29. The number of likely N-dealkylation sites (tertiary alicyclic amines) is 2. The Morgan fingerprint density at radius 3 is 2.48 bits per heavy atom. The lowest BCUT2D eigenvalue weighted by atomic mass is 9.98. The summed E-state index contributed by atoms with van der Waals surface area (Å²) < 4.78 is 19.1. The quantitative estimate of drug-likeness (QED) is 0.706. The first-order chi connectivity index (χ1) is 15.1. The molecule has 2 aliphatic heterocycles. The van der Waals surface area contributed by atoms with Crippen LogP contribution >= 0.6 is 0 Å². The number of hydrogen-bond donors (Lipinski definition) is 0. The zero-order chi connectivity index (χ0) is 21.6. The molecule has 4 rings (SSSR count). The predicted molar refractivity (Wildman–Crippen MR) is 116 cm³/mol. The van der Waals surface area contributed by atoms with Crippen molar-refractivity contribution >= 4 is 11.8 Å². The fourth-order valence-corrected chi connectivity index (χ4v) is 4.35. The van der Waals surface area contributed by atoms with Crippen LogP contribution < -0.4 is 4.74 Å². The third-order valence-corrected chi connectivity index (χ3v) is 6.10. The summed E-state index contributed by atoms with van der Waals surface area (Å²) in [4.78, 5) is 29.0. The molecular weight excluding hydrogens is 395 g/mol. The first-order valence-corrected chi connectivity index (χ1v) is 11.1. The van der Waals surface area contributed by atoms with Crippen LogP contribution in [0.25, 0.3) is 0 Å². The van der Waals surface area contributed by atoms with Gasteiger partial charge in [0.15, 0.2) is 0 Å². The second-order valence-corrected chi connectivity index (χ2v) is 8.49.